The Labute approximate surface area is 146 Å². The quantitative estimate of drug-likeness (QED) is 0.809. The van der Waals surface area contributed by atoms with E-state index in [-0.39, 0.29) is 17.8 Å². The lowest BCUT2D eigenvalue weighted by molar-refractivity contribution is -0.116. The maximum atomic E-state index is 14.2. The minimum atomic E-state index is -0.386. The lowest BCUT2D eigenvalue weighted by Gasteiger charge is -2.13. The first-order valence-corrected chi connectivity index (χ1v) is 8.52. The van der Waals surface area contributed by atoms with Gasteiger partial charge in [0.15, 0.2) is 0 Å². The molecule has 0 bridgehead atoms. The Balaban J connectivity index is 1.48. The average Bonchev–Trinajstić information content (AvgIpc) is 3.24. The number of ether oxygens (including phenoxy) is 1. The standard InChI is InChI=1S/C18H23FN4O2/c1-23-12-13(10-21-23)4-7-18(24)22-14-5-6-17(16(19)9-14)20-11-15-3-2-8-25-15/h5-6,9-10,12,15,20H,2-4,7-8,11H2,1H3,(H,22,24)/t15-/m0/s1. The Morgan fingerprint density at radius 2 is 2.36 bits per heavy atom. The predicted octanol–water partition coefficient (Wildman–Crippen LogP) is 2.72. The third kappa shape index (κ3) is 5.03. The molecular weight excluding hydrogens is 323 g/mol. The van der Waals surface area contributed by atoms with Crippen molar-refractivity contribution in [2.75, 3.05) is 23.8 Å². The molecule has 1 saturated heterocycles. The van der Waals surface area contributed by atoms with Crippen LogP contribution >= 0.6 is 0 Å². The summed E-state index contributed by atoms with van der Waals surface area (Å²) >= 11 is 0. The van der Waals surface area contributed by atoms with Crippen LogP contribution in [0.2, 0.25) is 0 Å². The summed E-state index contributed by atoms with van der Waals surface area (Å²) in [7, 11) is 1.83. The molecule has 1 aliphatic rings. The molecule has 0 spiro atoms. The lowest BCUT2D eigenvalue weighted by atomic mass is 10.2. The second kappa shape index (κ2) is 8.11. The molecule has 6 nitrogen and oxygen atoms in total. The third-order valence-electron chi connectivity index (χ3n) is 4.20. The SMILES string of the molecule is Cn1cc(CCC(=O)Nc2ccc(NC[C@@H]3CCCO3)c(F)c2)cn1. The van der Waals surface area contributed by atoms with Crippen molar-refractivity contribution in [3.63, 3.8) is 0 Å². The van der Waals surface area contributed by atoms with Crippen molar-refractivity contribution in [2.45, 2.75) is 31.8 Å². The van der Waals surface area contributed by atoms with Gasteiger partial charge in [-0.15, -0.1) is 0 Å². The summed E-state index contributed by atoms with van der Waals surface area (Å²) in [4.78, 5) is 12.0. The van der Waals surface area contributed by atoms with Gasteiger partial charge in [0.05, 0.1) is 18.0 Å². The zero-order valence-corrected chi connectivity index (χ0v) is 14.3. The number of carbonyl (C=O) groups is 1. The molecule has 1 fully saturated rings. The van der Waals surface area contributed by atoms with Crippen molar-refractivity contribution in [1.82, 2.24) is 9.78 Å². The fourth-order valence-corrected chi connectivity index (χ4v) is 2.85. The van der Waals surface area contributed by atoms with Crippen LogP contribution in [0.5, 0.6) is 0 Å². The number of rotatable bonds is 7. The molecule has 2 N–H and O–H groups in total. The molecule has 3 rings (SSSR count). The highest BCUT2D eigenvalue weighted by molar-refractivity contribution is 5.91. The highest BCUT2D eigenvalue weighted by Crippen LogP contribution is 2.20. The van der Waals surface area contributed by atoms with Gasteiger partial charge in [-0.1, -0.05) is 0 Å². The number of amides is 1. The first kappa shape index (κ1) is 17.4. The number of aryl methyl sites for hydroxylation is 2. The molecule has 0 unspecified atom stereocenters. The molecule has 2 heterocycles. The number of nitrogens with one attached hydrogen (secondary N) is 2. The maximum Gasteiger partial charge on any atom is 0.224 e. The van der Waals surface area contributed by atoms with Crippen LogP contribution in [0.1, 0.15) is 24.8 Å². The van der Waals surface area contributed by atoms with Crippen LogP contribution in [0.4, 0.5) is 15.8 Å². The predicted molar refractivity (Wildman–Crippen MR) is 94.0 cm³/mol. The minimum Gasteiger partial charge on any atom is -0.380 e. The number of hydrogen-bond acceptors (Lipinski definition) is 4. The topological polar surface area (TPSA) is 68.2 Å². The number of anilines is 2. The molecule has 0 radical (unpaired) electrons. The molecule has 0 aliphatic carbocycles. The third-order valence-corrected chi connectivity index (χ3v) is 4.20. The van der Waals surface area contributed by atoms with Gasteiger partial charge in [0.25, 0.3) is 0 Å². The second-order valence-corrected chi connectivity index (χ2v) is 6.28. The minimum absolute atomic E-state index is 0.145. The summed E-state index contributed by atoms with van der Waals surface area (Å²) in [5.74, 6) is -0.536. The van der Waals surface area contributed by atoms with Gasteiger partial charge in [0.1, 0.15) is 5.82 Å². The molecule has 1 aromatic heterocycles. The Kier molecular flexibility index (Phi) is 5.65. The largest absolute Gasteiger partial charge is 0.380 e. The molecule has 1 aliphatic heterocycles. The number of benzene rings is 1. The van der Waals surface area contributed by atoms with Crippen molar-refractivity contribution in [2.24, 2.45) is 7.05 Å². The van der Waals surface area contributed by atoms with E-state index in [9.17, 15) is 9.18 Å². The first-order valence-electron chi connectivity index (χ1n) is 8.52. The van der Waals surface area contributed by atoms with E-state index < -0.39 is 0 Å². The van der Waals surface area contributed by atoms with E-state index in [1.807, 2.05) is 13.2 Å². The van der Waals surface area contributed by atoms with E-state index in [1.165, 1.54) is 6.07 Å². The van der Waals surface area contributed by atoms with E-state index >= 15 is 0 Å². The van der Waals surface area contributed by atoms with Crippen LogP contribution < -0.4 is 10.6 Å². The van der Waals surface area contributed by atoms with Crippen molar-refractivity contribution in [1.29, 1.82) is 0 Å². The molecular formula is C18H23FN4O2. The van der Waals surface area contributed by atoms with E-state index in [2.05, 4.69) is 15.7 Å². The van der Waals surface area contributed by atoms with Crippen molar-refractivity contribution in [3.05, 3.63) is 42.0 Å². The summed E-state index contributed by atoms with van der Waals surface area (Å²) in [6.45, 7) is 1.37. The number of carbonyl (C=O) groups excluding carboxylic acids is 1. The average molecular weight is 346 g/mol. The first-order chi connectivity index (χ1) is 12.1. The summed E-state index contributed by atoms with van der Waals surface area (Å²) in [5, 5.41) is 9.85. The highest BCUT2D eigenvalue weighted by Gasteiger charge is 2.15. The van der Waals surface area contributed by atoms with Gasteiger partial charge >= 0.3 is 0 Å². The molecule has 25 heavy (non-hydrogen) atoms. The van der Waals surface area contributed by atoms with E-state index in [1.54, 1.807) is 23.0 Å². The van der Waals surface area contributed by atoms with Crippen LogP contribution in [0, 0.1) is 5.82 Å². The zero-order chi connectivity index (χ0) is 17.6. The van der Waals surface area contributed by atoms with Gasteiger partial charge in [0, 0.05) is 38.5 Å². The Morgan fingerprint density at radius 3 is 3.04 bits per heavy atom. The van der Waals surface area contributed by atoms with Gasteiger partial charge < -0.3 is 15.4 Å². The fourth-order valence-electron chi connectivity index (χ4n) is 2.85. The molecule has 1 amide bonds. The van der Waals surface area contributed by atoms with Gasteiger partial charge in [-0.3, -0.25) is 9.48 Å². The van der Waals surface area contributed by atoms with Crippen LogP contribution in [0.3, 0.4) is 0 Å². The number of nitrogens with zero attached hydrogens (tertiary/aromatic N) is 2. The number of halogens is 1. The van der Waals surface area contributed by atoms with E-state index in [0.717, 1.165) is 25.0 Å². The van der Waals surface area contributed by atoms with E-state index in [0.29, 0.717) is 30.8 Å². The number of hydrogen-bond donors (Lipinski definition) is 2. The summed E-state index contributed by atoms with van der Waals surface area (Å²) in [5.41, 5.74) is 1.87. The van der Waals surface area contributed by atoms with Gasteiger partial charge in [-0.25, -0.2) is 4.39 Å². The molecule has 0 saturated carbocycles. The zero-order valence-electron chi connectivity index (χ0n) is 14.3. The van der Waals surface area contributed by atoms with Crippen LogP contribution in [0.15, 0.2) is 30.6 Å². The van der Waals surface area contributed by atoms with Crippen molar-refractivity contribution < 1.29 is 13.9 Å². The Hall–Kier alpha value is -2.41. The van der Waals surface area contributed by atoms with Crippen LogP contribution in [-0.4, -0.2) is 34.9 Å². The number of aromatic nitrogens is 2. The highest BCUT2D eigenvalue weighted by atomic mass is 19.1. The maximum absolute atomic E-state index is 14.2. The smallest absolute Gasteiger partial charge is 0.224 e. The molecule has 1 aromatic carbocycles. The molecule has 2 aromatic rings. The molecule has 7 heteroatoms. The monoisotopic (exact) mass is 346 g/mol. The fraction of sp³-hybridized carbons (Fsp3) is 0.444. The molecule has 1 atom stereocenters. The molecule has 134 valence electrons. The van der Waals surface area contributed by atoms with Gasteiger partial charge in [0.2, 0.25) is 5.91 Å². The normalized spacial score (nSPS) is 16.8. The van der Waals surface area contributed by atoms with E-state index in [4.69, 9.17) is 4.74 Å². The second-order valence-electron chi connectivity index (χ2n) is 6.28. The summed E-state index contributed by atoms with van der Waals surface area (Å²) in [6, 6.07) is 4.67. The van der Waals surface area contributed by atoms with Crippen LogP contribution in [0.25, 0.3) is 0 Å². The summed E-state index contributed by atoms with van der Waals surface area (Å²) in [6.07, 6.45) is 6.74. The Morgan fingerprint density at radius 1 is 1.48 bits per heavy atom. The van der Waals surface area contributed by atoms with Crippen molar-refractivity contribution in [3.8, 4) is 0 Å². The lowest BCUT2D eigenvalue weighted by Crippen LogP contribution is -2.19. The summed E-state index contributed by atoms with van der Waals surface area (Å²) < 4.78 is 21.4. The van der Waals surface area contributed by atoms with Gasteiger partial charge in [-0.05, 0) is 43.0 Å². The van der Waals surface area contributed by atoms with Crippen molar-refractivity contribution >= 4 is 17.3 Å². The van der Waals surface area contributed by atoms with Crippen LogP contribution in [-0.2, 0) is 23.0 Å². The van der Waals surface area contributed by atoms with Gasteiger partial charge in [-0.2, -0.15) is 5.10 Å². The Bertz CT molecular complexity index is 726.